The highest BCUT2D eigenvalue weighted by Gasteiger charge is 2.09. The molecule has 13 heavy (non-hydrogen) atoms. The Bertz CT molecular complexity index is 101. The second-order valence-electron chi connectivity index (χ2n) is 4.22. The van der Waals surface area contributed by atoms with E-state index in [2.05, 4.69) is 33.0 Å². The largest absolute Gasteiger partial charge is 0.314 e. The van der Waals surface area contributed by atoms with Crippen LogP contribution in [0.15, 0.2) is 0 Å². The van der Waals surface area contributed by atoms with Crippen molar-refractivity contribution in [3.63, 3.8) is 0 Å². The van der Waals surface area contributed by atoms with Gasteiger partial charge < -0.3 is 5.32 Å². The summed E-state index contributed by atoms with van der Waals surface area (Å²) in [6, 6.07) is 0.691. The van der Waals surface area contributed by atoms with Crippen LogP contribution in [0, 0.1) is 5.92 Å². The Morgan fingerprint density at radius 2 is 1.69 bits per heavy atom. The zero-order valence-corrected chi connectivity index (χ0v) is 9.90. The topological polar surface area (TPSA) is 12.0 Å². The third-order valence-corrected chi connectivity index (χ3v) is 2.83. The molecule has 0 amide bonds. The van der Waals surface area contributed by atoms with Gasteiger partial charge in [0.05, 0.1) is 0 Å². The highest BCUT2D eigenvalue weighted by molar-refractivity contribution is 4.67. The van der Waals surface area contributed by atoms with Gasteiger partial charge in [-0.1, -0.05) is 40.0 Å². The Balaban J connectivity index is 3.38. The average Bonchev–Trinajstić information content (AvgIpc) is 2.14. The minimum absolute atomic E-state index is 0.691. The molecule has 0 fully saturated rings. The van der Waals surface area contributed by atoms with Crippen molar-refractivity contribution in [3.05, 3.63) is 0 Å². The molecular formula is C12H27N. The van der Waals surface area contributed by atoms with Crippen LogP contribution in [-0.4, -0.2) is 12.6 Å². The molecular weight excluding hydrogens is 158 g/mol. The molecule has 80 valence electrons. The summed E-state index contributed by atoms with van der Waals surface area (Å²) < 4.78 is 0. The van der Waals surface area contributed by atoms with Gasteiger partial charge in [-0.15, -0.1) is 0 Å². The zero-order valence-electron chi connectivity index (χ0n) is 9.90. The molecule has 0 spiro atoms. The van der Waals surface area contributed by atoms with Crippen LogP contribution < -0.4 is 5.32 Å². The van der Waals surface area contributed by atoms with E-state index in [9.17, 15) is 0 Å². The molecule has 2 unspecified atom stereocenters. The Kier molecular flexibility index (Phi) is 8.53. The van der Waals surface area contributed by atoms with Crippen LogP contribution in [0.3, 0.4) is 0 Å². The summed E-state index contributed by atoms with van der Waals surface area (Å²) in [4.78, 5) is 0. The summed E-state index contributed by atoms with van der Waals surface area (Å²) in [6.45, 7) is 10.3. The van der Waals surface area contributed by atoms with Gasteiger partial charge in [0, 0.05) is 6.04 Å². The maximum Gasteiger partial charge on any atom is 0.00643 e. The number of nitrogens with one attached hydrogen (secondary N) is 1. The highest BCUT2D eigenvalue weighted by Crippen LogP contribution is 2.12. The molecule has 0 rings (SSSR count). The third kappa shape index (κ3) is 7.06. The number of hydrogen-bond acceptors (Lipinski definition) is 1. The van der Waals surface area contributed by atoms with Gasteiger partial charge in [0.15, 0.2) is 0 Å². The lowest BCUT2D eigenvalue weighted by atomic mass is 9.96. The van der Waals surface area contributed by atoms with Gasteiger partial charge in [0.2, 0.25) is 0 Å². The molecule has 2 atom stereocenters. The van der Waals surface area contributed by atoms with Crippen LogP contribution in [0.1, 0.15) is 59.8 Å². The van der Waals surface area contributed by atoms with Gasteiger partial charge in [0.25, 0.3) is 0 Å². The molecule has 0 aromatic heterocycles. The van der Waals surface area contributed by atoms with Crippen molar-refractivity contribution >= 4 is 0 Å². The maximum atomic E-state index is 3.56. The highest BCUT2D eigenvalue weighted by atomic mass is 14.9. The predicted octanol–water partition coefficient (Wildman–Crippen LogP) is 3.59. The van der Waals surface area contributed by atoms with Gasteiger partial charge in [0.1, 0.15) is 0 Å². The summed E-state index contributed by atoms with van der Waals surface area (Å²) in [6.07, 6.45) is 6.75. The van der Waals surface area contributed by atoms with E-state index in [0.717, 1.165) is 5.92 Å². The minimum Gasteiger partial charge on any atom is -0.314 e. The molecule has 0 aromatic rings. The number of rotatable bonds is 8. The molecule has 0 aliphatic carbocycles. The van der Waals surface area contributed by atoms with Crippen molar-refractivity contribution in [1.82, 2.24) is 5.32 Å². The second kappa shape index (κ2) is 8.55. The SMILES string of the molecule is CCCCCC(C)C(C)NCCC. The monoisotopic (exact) mass is 185 g/mol. The first-order valence-electron chi connectivity index (χ1n) is 5.95. The van der Waals surface area contributed by atoms with Crippen molar-refractivity contribution in [2.24, 2.45) is 5.92 Å². The molecule has 0 bridgehead atoms. The van der Waals surface area contributed by atoms with Crippen molar-refractivity contribution < 1.29 is 0 Å². The average molecular weight is 185 g/mol. The maximum absolute atomic E-state index is 3.56. The van der Waals surface area contributed by atoms with E-state index >= 15 is 0 Å². The van der Waals surface area contributed by atoms with Crippen LogP contribution >= 0.6 is 0 Å². The van der Waals surface area contributed by atoms with Gasteiger partial charge in [-0.2, -0.15) is 0 Å². The van der Waals surface area contributed by atoms with Crippen LogP contribution in [0.25, 0.3) is 0 Å². The van der Waals surface area contributed by atoms with Gasteiger partial charge in [-0.3, -0.25) is 0 Å². The van der Waals surface area contributed by atoms with E-state index in [4.69, 9.17) is 0 Å². The Labute approximate surface area is 84.3 Å². The van der Waals surface area contributed by atoms with Gasteiger partial charge in [-0.05, 0) is 32.2 Å². The molecule has 0 heterocycles. The quantitative estimate of drug-likeness (QED) is 0.570. The predicted molar refractivity (Wildman–Crippen MR) is 61.1 cm³/mol. The van der Waals surface area contributed by atoms with E-state index in [0.29, 0.717) is 6.04 Å². The van der Waals surface area contributed by atoms with Crippen LogP contribution in [0.2, 0.25) is 0 Å². The summed E-state index contributed by atoms with van der Waals surface area (Å²) >= 11 is 0. The molecule has 0 aromatic carbocycles. The summed E-state index contributed by atoms with van der Waals surface area (Å²) in [5, 5.41) is 3.56. The van der Waals surface area contributed by atoms with Crippen molar-refractivity contribution in [2.45, 2.75) is 65.8 Å². The smallest absolute Gasteiger partial charge is 0.00643 e. The van der Waals surface area contributed by atoms with E-state index < -0.39 is 0 Å². The van der Waals surface area contributed by atoms with Crippen LogP contribution in [0.5, 0.6) is 0 Å². The van der Waals surface area contributed by atoms with E-state index in [1.165, 1.54) is 38.6 Å². The van der Waals surface area contributed by atoms with Crippen molar-refractivity contribution in [2.75, 3.05) is 6.54 Å². The van der Waals surface area contributed by atoms with Crippen molar-refractivity contribution in [1.29, 1.82) is 0 Å². The Morgan fingerprint density at radius 3 is 2.23 bits per heavy atom. The first-order chi connectivity index (χ1) is 6.22. The lowest BCUT2D eigenvalue weighted by molar-refractivity contribution is 0.368. The molecule has 0 aliphatic heterocycles. The first-order valence-corrected chi connectivity index (χ1v) is 5.95. The van der Waals surface area contributed by atoms with E-state index in [1.54, 1.807) is 0 Å². The Hall–Kier alpha value is -0.0400. The molecule has 0 radical (unpaired) electrons. The standard InChI is InChI=1S/C12H27N/c1-5-7-8-9-11(3)12(4)13-10-6-2/h11-13H,5-10H2,1-4H3. The normalized spacial score (nSPS) is 15.7. The molecule has 1 nitrogen and oxygen atoms in total. The molecule has 1 N–H and O–H groups in total. The summed E-state index contributed by atoms with van der Waals surface area (Å²) in [5.41, 5.74) is 0. The number of hydrogen-bond donors (Lipinski definition) is 1. The van der Waals surface area contributed by atoms with E-state index in [1.807, 2.05) is 0 Å². The third-order valence-electron chi connectivity index (χ3n) is 2.83. The first kappa shape index (κ1) is 13.0. The fourth-order valence-electron chi connectivity index (χ4n) is 1.54. The fraction of sp³-hybridized carbons (Fsp3) is 1.00. The second-order valence-corrected chi connectivity index (χ2v) is 4.22. The minimum atomic E-state index is 0.691. The molecule has 0 saturated heterocycles. The van der Waals surface area contributed by atoms with Crippen LogP contribution in [-0.2, 0) is 0 Å². The van der Waals surface area contributed by atoms with Crippen molar-refractivity contribution in [3.8, 4) is 0 Å². The lowest BCUT2D eigenvalue weighted by Crippen LogP contribution is -2.32. The molecule has 0 saturated carbocycles. The molecule has 0 aliphatic rings. The number of unbranched alkanes of at least 4 members (excludes halogenated alkanes) is 2. The van der Waals surface area contributed by atoms with E-state index in [-0.39, 0.29) is 0 Å². The fourth-order valence-corrected chi connectivity index (χ4v) is 1.54. The van der Waals surface area contributed by atoms with Gasteiger partial charge >= 0.3 is 0 Å². The van der Waals surface area contributed by atoms with Crippen LogP contribution in [0.4, 0.5) is 0 Å². The summed E-state index contributed by atoms with van der Waals surface area (Å²) in [7, 11) is 0. The Morgan fingerprint density at radius 1 is 1.00 bits per heavy atom. The summed E-state index contributed by atoms with van der Waals surface area (Å²) in [5.74, 6) is 0.832. The zero-order chi connectivity index (χ0) is 10.1. The lowest BCUT2D eigenvalue weighted by Gasteiger charge is -2.20. The van der Waals surface area contributed by atoms with Gasteiger partial charge in [-0.25, -0.2) is 0 Å². The molecule has 1 heteroatoms.